The number of thiophene rings is 1. The van der Waals surface area contributed by atoms with Gasteiger partial charge in [0.25, 0.3) is 0 Å². The van der Waals surface area contributed by atoms with Gasteiger partial charge in [-0.1, -0.05) is 11.6 Å². The van der Waals surface area contributed by atoms with Gasteiger partial charge in [0.05, 0.1) is 22.6 Å². The number of rotatable bonds is 4. The van der Waals surface area contributed by atoms with Crippen LogP contribution in [0.4, 0.5) is 5.69 Å². The maximum Gasteiger partial charge on any atom is 0.142 e. The molecule has 2 aromatic rings. The average Bonchev–Trinajstić information content (AvgIpc) is 2.76. The van der Waals surface area contributed by atoms with Gasteiger partial charge in [-0.05, 0) is 53.2 Å². The normalized spacial score (nSPS) is 12.2. The fourth-order valence-electron chi connectivity index (χ4n) is 1.66. The van der Waals surface area contributed by atoms with Crippen LogP contribution >= 0.6 is 38.9 Å². The summed E-state index contributed by atoms with van der Waals surface area (Å²) in [5.41, 5.74) is 0.905. The highest BCUT2D eigenvalue weighted by Crippen LogP contribution is 2.33. The highest BCUT2D eigenvalue weighted by Gasteiger charge is 2.11. The summed E-state index contributed by atoms with van der Waals surface area (Å²) in [7, 11) is 1.65. The first-order valence-electron chi connectivity index (χ1n) is 5.45. The quantitative estimate of drug-likeness (QED) is 0.806. The highest BCUT2D eigenvalue weighted by molar-refractivity contribution is 9.11. The van der Waals surface area contributed by atoms with Crippen LogP contribution in [-0.2, 0) is 0 Å². The summed E-state index contributed by atoms with van der Waals surface area (Å²) in [5, 5.41) is 4.10. The molecule has 1 atom stereocenters. The zero-order valence-electron chi connectivity index (χ0n) is 10.0. The van der Waals surface area contributed by atoms with Gasteiger partial charge in [0.2, 0.25) is 0 Å². The van der Waals surface area contributed by atoms with Gasteiger partial charge in [-0.3, -0.25) is 0 Å². The lowest BCUT2D eigenvalue weighted by molar-refractivity contribution is 0.416. The van der Waals surface area contributed by atoms with Crippen molar-refractivity contribution >= 4 is 44.6 Å². The third-order valence-corrected chi connectivity index (χ3v) is 4.60. The zero-order chi connectivity index (χ0) is 13.1. The van der Waals surface area contributed by atoms with Crippen molar-refractivity contribution in [2.45, 2.75) is 13.0 Å². The number of benzene rings is 1. The minimum Gasteiger partial charge on any atom is -0.495 e. The van der Waals surface area contributed by atoms with E-state index in [2.05, 4.69) is 34.2 Å². The summed E-state index contributed by atoms with van der Waals surface area (Å²) in [4.78, 5) is 1.25. The van der Waals surface area contributed by atoms with Gasteiger partial charge in [0, 0.05) is 9.90 Å². The molecule has 1 N–H and O–H groups in total. The van der Waals surface area contributed by atoms with E-state index in [0.29, 0.717) is 5.02 Å². The number of hydrogen-bond donors (Lipinski definition) is 1. The third-order valence-electron chi connectivity index (χ3n) is 2.55. The van der Waals surface area contributed by atoms with Crippen molar-refractivity contribution in [3.8, 4) is 5.75 Å². The number of nitrogens with one attached hydrogen (secondary N) is 1. The predicted octanol–water partition coefficient (Wildman–Crippen LogP) is 5.35. The van der Waals surface area contributed by atoms with Crippen molar-refractivity contribution in [2.24, 2.45) is 0 Å². The summed E-state index contributed by atoms with van der Waals surface area (Å²) in [6, 6.07) is 9.91. The second-order valence-corrected chi connectivity index (χ2v) is 6.78. The van der Waals surface area contributed by atoms with Crippen LogP contribution in [0.5, 0.6) is 5.75 Å². The SMILES string of the molecule is COc1ccc(Cl)cc1NC(C)c1ccc(Br)s1. The number of hydrogen-bond acceptors (Lipinski definition) is 3. The molecule has 0 saturated heterocycles. The summed E-state index contributed by atoms with van der Waals surface area (Å²) in [6.45, 7) is 2.11. The fourth-order valence-corrected chi connectivity index (χ4v) is 3.26. The van der Waals surface area contributed by atoms with E-state index in [1.54, 1.807) is 18.4 Å². The zero-order valence-corrected chi connectivity index (χ0v) is 13.2. The Morgan fingerprint density at radius 1 is 1.33 bits per heavy atom. The lowest BCUT2D eigenvalue weighted by atomic mass is 10.2. The molecule has 1 unspecified atom stereocenters. The molecular formula is C13H13BrClNOS. The maximum absolute atomic E-state index is 6.01. The smallest absolute Gasteiger partial charge is 0.142 e. The first kappa shape index (κ1) is 13.7. The van der Waals surface area contributed by atoms with Gasteiger partial charge in [-0.15, -0.1) is 11.3 Å². The fraction of sp³-hybridized carbons (Fsp3) is 0.231. The van der Waals surface area contributed by atoms with Crippen molar-refractivity contribution in [1.29, 1.82) is 0 Å². The van der Waals surface area contributed by atoms with E-state index in [4.69, 9.17) is 16.3 Å². The molecule has 96 valence electrons. The Morgan fingerprint density at radius 2 is 2.11 bits per heavy atom. The molecule has 0 amide bonds. The van der Waals surface area contributed by atoms with E-state index >= 15 is 0 Å². The molecule has 0 bridgehead atoms. The minimum absolute atomic E-state index is 0.202. The average molecular weight is 347 g/mol. The van der Waals surface area contributed by atoms with Gasteiger partial charge >= 0.3 is 0 Å². The van der Waals surface area contributed by atoms with Crippen molar-refractivity contribution in [1.82, 2.24) is 0 Å². The monoisotopic (exact) mass is 345 g/mol. The predicted molar refractivity (Wildman–Crippen MR) is 82.1 cm³/mol. The van der Waals surface area contributed by atoms with Crippen molar-refractivity contribution in [3.05, 3.63) is 44.0 Å². The van der Waals surface area contributed by atoms with Crippen LogP contribution in [0.1, 0.15) is 17.8 Å². The molecule has 18 heavy (non-hydrogen) atoms. The third kappa shape index (κ3) is 3.19. The maximum atomic E-state index is 6.01. The number of anilines is 1. The van der Waals surface area contributed by atoms with Crippen molar-refractivity contribution < 1.29 is 4.74 Å². The first-order chi connectivity index (χ1) is 8.60. The van der Waals surface area contributed by atoms with Crippen LogP contribution in [0.15, 0.2) is 34.1 Å². The minimum atomic E-state index is 0.202. The van der Waals surface area contributed by atoms with E-state index in [1.165, 1.54) is 4.88 Å². The summed E-state index contributed by atoms with van der Waals surface area (Å²) >= 11 is 11.2. The van der Waals surface area contributed by atoms with Gasteiger partial charge in [0.15, 0.2) is 0 Å². The Labute approximate surface area is 124 Å². The molecule has 0 fully saturated rings. The summed E-state index contributed by atoms with van der Waals surface area (Å²) in [5.74, 6) is 0.793. The number of methoxy groups -OCH3 is 1. The second-order valence-electron chi connectivity index (χ2n) is 3.85. The second kappa shape index (κ2) is 5.95. The van der Waals surface area contributed by atoms with E-state index in [-0.39, 0.29) is 6.04 Å². The van der Waals surface area contributed by atoms with Gasteiger partial charge in [0.1, 0.15) is 5.75 Å². The van der Waals surface area contributed by atoms with Crippen LogP contribution in [0.25, 0.3) is 0 Å². The Balaban J connectivity index is 2.20. The lowest BCUT2D eigenvalue weighted by Gasteiger charge is -2.16. The molecular weight excluding hydrogens is 334 g/mol. The highest BCUT2D eigenvalue weighted by atomic mass is 79.9. The molecule has 5 heteroatoms. The van der Waals surface area contributed by atoms with E-state index in [0.717, 1.165) is 15.2 Å². The number of ether oxygens (including phenoxy) is 1. The molecule has 2 rings (SSSR count). The Morgan fingerprint density at radius 3 is 2.72 bits per heavy atom. The first-order valence-corrected chi connectivity index (χ1v) is 7.44. The topological polar surface area (TPSA) is 21.3 Å². The Hall–Kier alpha value is -0.710. The van der Waals surface area contributed by atoms with E-state index in [1.807, 2.05) is 24.3 Å². The van der Waals surface area contributed by atoms with Crippen LogP contribution in [0.2, 0.25) is 5.02 Å². The van der Waals surface area contributed by atoms with Gasteiger partial charge in [-0.2, -0.15) is 0 Å². The van der Waals surface area contributed by atoms with Crippen molar-refractivity contribution in [3.63, 3.8) is 0 Å². The summed E-state index contributed by atoms with van der Waals surface area (Å²) in [6.07, 6.45) is 0. The van der Waals surface area contributed by atoms with E-state index in [9.17, 15) is 0 Å². The van der Waals surface area contributed by atoms with Gasteiger partial charge < -0.3 is 10.1 Å². The molecule has 0 aliphatic carbocycles. The van der Waals surface area contributed by atoms with Crippen LogP contribution in [0, 0.1) is 0 Å². The summed E-state index contributed by atoms with van der Waals surface area (Å²) < 4.78 is 6.44. The molecule has 1 heterocycles. The van der Waals surface area contributed by atoms with E-state index < -0.39 is 0 Å². The molecule has 1 aromatic carbocycles. The van der Waals surface area contributed by atoms with Crippen molar-refractivity contribution in [2.75, 3.05) is 12.4 Å². The lowest BCUT2D eigenvalue weighted by Crippen LogP contribution is -2.06. The van der Waals surface area contributed by atoms with Crippen LogP contribution in [-0.4, -0.2) is 7.11 Å². The molecule has 0 spiro atoms. The molecule has 0 aliphatic heterocycles. The van der Waals surface area contributed by atoms with Gasteiger partial charge in [-0.25, -0.2) is 0 Å². The van der Waals surface area contributed by atoms with Crippen LogP contribution in [0.3, 0.4) is 0 Å². The van der Waals surface area contributed by atoms with Crippen LogP contribution < -0.4 is 10.1 Å². The molecule has 0 aliphatic rings. The Kier molecular flexibility index (Phi) is 4.54. The number of halogens is 2. The standard InChI is InChI=1S/C13H13BrClNOS/c1-8(12-5-6-13(14)18-12)16-10-7-9(15)3-4-11(10)17-2/h3-8,16H,1-2H3. The molecule has 0 radical (unpaired) electrons. The largest absolute Gasteiger partial charge is 0.495 e. The molecule has 0 saturated carbocycles. The Bertz CT molecular complexity index is 544. The molecule has 1 aromatic heterocycles. The molecule has 2 nitrogen and oxygen atoms in total.